The maximum Gasteiger partial charge on any atom is 0.243 e. The molecule has 5 nitrogen and oxygen atoms in total. The third-order valence-corrected chi connectivity index (χ3v) is 7.51. The van der Waals surface area contributed by atoms with Crippen molar-refractivity contribution in [2.45, 2.75) is 57.7 Å². The monoisotopic (exact) mass is 398 g/mol. The minimum Gasteiger partial charge on any atom is -0.353 e. The molecule has 1 fully saturated rings. The lowest BCUT2D eigenvalue weighted by Crippen LogP contribution is -2.48. The highest BCUT2D eigenvalue weighted by atomic mass is 32.2. The second kappa shape index (κ2) is 9.13. The van der Waals surface area contributed by atoms with Gasteiger partial charge in [-0.2, -0.15) is 11.8 Å². The standard InChI is InChI=1S/C19H30N2O3S2/c1-14-9-10-17(13-15(14)2)21(26(4,23)24)16(3)19(22)20-11-12-25-18-7-5-6-8-18/h9-10,13,16,18H,5-8,11-12H2,1-4H3,(H,20,22)/t16-/m1/s1. The molecule has 1 aliphatic carbocycles. The molecule has 1 saturated carbocycles. The van der Waals surface area contributed by atoms with Crippen molar-refractivity contribution in [1.29, 1.82) is 0 Å². The third kappa shape index (κ3) is 5.64. The van der Waals surface area contributed by atoms with Gasteiger partial charge in [0.2, 0.25) is 15.9 Å². The largest absolute Gasteiger partial charge is 0.353 e. The normalized spacial score (nSPS) is 16.5. The number of aryl methyl sites for hydroxylation is 2. The van der Waals surface area contributed by atoms with Crippen LogP contribution in [-0.4, -0.2) is 44.2 Å². The summed E-state index contributed by atoms with van der Waals surface area (Å²) in [5, 5.41) is 3.60. The molecule has 7 heteroatoms. The molecule has 0 saturated heterocycles. The van der Waals surface area contributed by atoms with E-state index in [1.165, 1.54) is 30.0 Å². The first-order valence-corrected chi connectivity index (χ1v) is 12.1. The number of hydrogen-bond donors (Lipinski definition) is 1. The Balaban J connectivity index is 2.00. The van der Waals surface area contributed by atoms with E-state index in [4.69, 9.17) is 0 Å². The van der Waals surface area contributed by atoms with E-state index in [0.29, 0.717) is 17.5 Å². The summed E-state index contributed by atoms with van der Waals surface area (Å²) >= 11 is 1.91. The number of rotatable bonds is 8. The molecule has 0 aromatic heterocycles. The summed E-state index contributed by atoms with van der Waals surface area (Å²) in [5.41, 5.74) is 2.61. The molecule has 1 aliphatic rings. The van der Waals surface area contributed by atoms with E-state index in [0.717, 1.165) is 23.1 Å². The van der Waals surface area contributed by atoms with E-state index >= 15 is 0 Å². The predicted molar refractivity (Wildman–Crippen MR) is 110 cm³/mol. The van der Waals surface area contributed by atoms with Crippen molar-refractivity contribution in [2.24, 2.45) is 0 Å². The van der Waals surface area contributed by atoms with Crippen molar-refractivity contribution in [3.8, 4) is 0 Å². The average Bonchev–Trinajstić information content (AvgIpc) is 3.07. The molecule has 1 aromatic carbocycles. The smallest absolute Gasteiger partial charge is 0.243 e. The number of nitrogens with one attached hydrogen (secondary N) is 1. The van der Waals surface area contributed by atoms with E-state index in [2.05, 4.69) is 5.32 Å². The molecule has 1 N–H and O–H groups in total. The van der Waals surface area contributed by atoms with Crippen LogP contribution in [0.25, 0.3) is 0 Å². The van der Waals surface area contributed by atoms with E-state index in [-0.39, 0.29) is 5.91 Å². The molecule has 1 atom stereocenters. The summed E-state index contributed by atoms with van der Waals surface area (Å²) in [6.45, 7) is 6.11. The molecule has 0 radical (unpaired) electrons. The highest BCUT2D eigenvalue weighted by Gasteiger charge is 2.29. The number of amides is 1. The molecule has 146 valence electrons. The molecule has 0 unspecified atom stereocenters. The van der Waals surface area contributed by atoms with Crippen LogP contribution in [0.2, 0.25) is 0 Å². The Bertz CT molecular complexity index is 728. The van der Waals surface area contributed by atoms with Crippen LogP contribution in [0, 0.1) is 13.8 Å². The Kier molecular flexibility index (Phi) is 7.41. The van der Waals surface area contributed by atoms with Gasteiger partial charge in [-0.25, -0.2) is 8.42 Å². The van der Waals surface area contributed by atoms with Gasteiger partial charge in [0.15, 0.2) is 0 Å². The second-order valence-electron chi connectivity index (χ2n) is 7.07. The van der Waals surface area contributed by atoms with Crippen molar-refractivity contribution >= 4 is 33.4 Å². The quantitative estimate of drug-likeness (QED) is 0.683. The first-order chi connectivity index (χ1) is 12.2. The summed E-state index contributed by atoms with van der Waals surface area (Å²) < 4.78 is 25.8. The SMILES string of the molecule is Cc1ccc(N([C@H](C)C(=O)NCCSC2CCCC2)S(C)(=O)=O)cc1C. The first kappa shape index (κ1) is 21.1. The number of carbonyl (C=O) groups is 1. The molecule has 0 heterocycles. The molecule has 1 aromatic rings. The number of sulfonamides is 1. The van der Waals surface area contributed by atoms with Crippen molar-refractivity contribution in [3.63, 3.8) is 0 Å². The highest BCUT2D eigenvalue weighted by molar-refractivity contribution is 7.99. The van der Waals surface area contributed by atoms with Gasteiger partial charge in [-0.3, -0.25) is 9.10 Å². The Hall–Kier alpha value is -1.21. The van der Waals surface area contributed by atoms with Gasteiger partial charge >= 0.3 is 0 Å². The van der Waals surface area contributed by atoms with Crippen LogP contribution in [0.5, 0.6) is 0 Å². The zero-order valence-electron chi connectivity index (χ0n) is 16.1. The van der Waals surface area contributed by atoms with Crippen molar-refractivity contribution in [3.05, 3.63) is 29.3 Å². The topological polar surface area (TPSA) is 66.5 Å². The predicted octanol–water partition coefficient (Wildman–Crippen LogP) is 3.25. The van der Waals surface area contributed by atoms with Crippen molar-refractivity contribution in [2.75, 3.05) is 22.9 Å². The zero-order valence-corrected chi connectivity index (χ0v) is 17.8. The Morgan fingerprint density at radius 1 is 1.27 bits per heavy atom. The van der Waals surface area contributed by atoms with Gasteiger partial charge in [0.1, 0.15) is 6.04 Å². The minimum absolute atomic E-state index is 0.263. The van der Waals surface area contributed by atoms with E-state index < -0.39 is 16.1 Å². The van der Waals surface area contributed by atoms with E-state index in [1.807, 2.05) is 37.7 Å². The van der Waals surface area contributed by atoms with Crippen LogP contribution in [0.3, 0.4) is 0 Å². The van der Waals surface area contributed by atoms with Gasteiger partial charge < -0.3 is 5.32 Å². The van der Waals surface area contributed by atoms with Crippen LogP contribution in [0.4, 0.5) is 5.69 Å². The number of carbonyl (C=O) groups excluding carboxylic acids is 1. The molecule has 0 aliphatic heterocycles. The lowest BCUT2D eigenvalue weighted by Gasteiger charge is -2.28. The van der Waals surface area contributed by atoms with Crippen LogP contribution >= 0.6 is 11.8 Å². The van der Waals surface area contributed by atoms with Gasteiger partial charge in [0.05, 0.1) is 11.9 Å². The third-order valence-electron chi connectivity index (χ3n) is 4.89. The molecule has 0 spiro atoms. The maximum absolute atomic E-state index is 12.5. The molecular weight excluding hydrogens is 368 g/mol. The Morgan fingerprint density at radius 2 is 1.92 bits per heavy atom. The van der Waals surface area contributed by atoms with Crippen LogP contribution in [-0.2, 0) is 14.8 Å². The van der Waals surface area contributed by atoms with E-state index in [1.54, 1.807) is 13.0 Å². The van der Waals surface area contributed by atoms with Gasteiger partial charge in [-0.15, -0.1) is 0 Å². The molecule has 2 rings (SSSR count). The van der Waals surface area contributed by atoms with Crippen molar-refractivity contribution in [1.82, 2.24) is 5.32 Å². The fourth-order valence-corrected chi connectivity index (χ4v) is 5.66. The highest BCUT2D eigenvalue weighted by Crippen LogP contribution is 2.29. The molecular formula is C19H30N2O3S2. The summed E-state index contributed by atoms with van der Waals surface area (Å²) in [4.78, 5) is 12.5. The van der Waals surface area contributed by atoms with Gasteiger partial charge in [0, 0.05) is 17.5 Å². The summed E-state index contributed by atoms with van der Waals surface area (Å²) in [5.74, 6) is 0.603. The fourth-order valence-electron chi connectivity index (χ4n) is 3.27. The summed E-state index contributed by atoms with van der Waals surface area (Å²) in [6.07, 6.45) is 6.29. The summed E-state index contributed by atoms with van der Waals surface area (Å²) in [7, 11) is -3.57. The van der Waals surface area contributed by atoms with Crippen LogP contribution in [0.15, 0.2) is 18.2 Å². The number of benzene rings is 1. The number of nitrogens with zero attached hydrogens (tertiary/aromatic N) is 1. The van der Waals surface area contributed by atoms with Gasteiger partial charge in [0.25, 0.3) is 0 Å². The van der Waals surface area contributed by atoms with Crippen LogP contribution < -0.4 is 9.62 Å². The second-order valence-corrected chi connectivity index (χ2v) is 10.3. The maximum atomic E-state index is 12.5. The zero-order chi connectivity index (χ0) is 19.3. The van der Waals surface area contributed by atoms with Crippen molar-refractivity contribution < 1.29 is 13.2 Å². The number of thioether (sulfide) groups is 1. The first-order valence-electron chi connectivity index (χ1n) is 9.16. The number of anilines is 1. The lowest BCUT2D eigenvalue weighted by atomic mass is 10.1. The van der Waals surface area contributed by atoms with Crippen LogP contribution in [0.1, 0.15) is 43.7 Å². The molecule has 0 bridgehead atoms. The number of hydrogen-bond acceptors (Lipinski definition) is 4. The Labute approximate surface area is 162 Å². The average molecular weight is 399 g/mol. The lowest BCUT2D eigenvalue weighted by molar-refractivity contribution is -0.121. The molecule has 26 heavy (non-hydrogen) atoms. The minimum atomic E-state index is -3.57. The van der Waals surface area contributed by atoms with E-state index in [9.17, 15) is 13.2 Å². The Morgan fingerprint density at radius 3 is 2.50 bits per heavy atom. The fraction of sp³-hybridized carbons (Fsp3) is 0.632. The van der Waals surface area contributed by atoms with Gasteiger partial charge in [-0.1, -0.05) is 18.9 Å². The van der Waals surface area contributed by atoms with Gasteiger partial charge in [-0.05, 0) is 56.9 Å². The molecule has 1 amide bonds. The summed E-state index contributed by atoms with van der Waals surface area (Å²) in [6, 6.07) is 4.66.